The third-order valence-electron chi connectivity index (χ3n) is 5.46. The van der Waals surface area contributed by atoms with Crippen molar-refractivity contribution in [3.05, 3.63) is 59.7 Å². The Morgan fingerprint density at radius 3 is 2.20 bits per heavy atom. The number of hydrogen-bond acceptors (Lipinski definition) is 6. The van der Waals surface area contributed by atoms with Gasteiger partial charge in [0.15, 0.2) is 6.10 Å². The maximum atomic E-state index is 13.3. The minimum absolute atomic E-state index is 0.0842. The first-order valence-electron chi connectivity index (χ1n) is 12.4. The van der Waals surface area contributed by atoms with E-state index in [-0.39, 0.29) is 45.9 Å². The fraction of sp³-hybridized carbons (Fsp3) is 0.481. The van der Waals surface area contributed by atoms with Crippen molar-refractivity contribution in [2.45, 2.75) is 44.9 Å². The molecule has 0 saturated carbocycles. The number of benzene rings is 2. The van der Waals surface area contributed by atoms with Crippen LogP contribution in [0.5, 0.6) is 11.5 Å². The highest BCUT2D eigenvalue weighted by Crippen LogP contribution is 2.36. The lowest BCUT2D eigenvalue weighted by Crippen LogP contribution is -2.39. The van der Waals surface area contributed by atoms with Crippen LogP contribution in [-0.2, 0) is 26.9 Å². The summed E-state index contributed by atoms with van der Waals surface area (Å²) in [5, 5.41) is 9.22. The fourth-order valence-corrected chi connectivity index (χ4v) is 3.40. The Balaban J connectivity index is 2.01. The van der Waals surface area contributed by atoms with Crippen LogP contribution in [0.3, 0.4) is 0 Å². The quantitative estimate of drug-likeness (QED) is 0.203. The van der Waals surface area contributed by atoms with Gasteiger partial charge in [0.25, 0.3) is 0 Å². The van der Waals surface area contributed by atoms with Crippen LogP contribution in [-0.4, -0.2) is 73.6 Å². The molecule has 2 aromatic carbocycles. The Labute approximate surface area is 228 Å². The molecule has 1 amide bonds. The van der Waals surface area contributed by atoms with E-state index in [1.54, 1.807) is 31.2 Å². The number of nitrogens with zero attached hydrogens (tertiary/aromatic N) is 1. The minimum Gasteiger partial charge on any atom is -0.492 e. The van der Waals surface area contributed by atoms with Crippen LogP contribution >= 0.6 is 0 Å². The summed E-state index contributed by atoms with van der Waals surface area (Å²) < 4.78 is 86.9. The Kier molecular flexibility index (Phi) is 12.6. The predicted octanol–water partition coefficient (Wildman–Crippen LogP) is 5.68. The smallest absolute Gasteiger partial charge is 0.419 e. The summed E-state index contributed by atoms with van der Waals surface area (Å²) in [5.41, 5.74) is -0.438. The molecule has 0 aliphatic rings. The number of carboxylic acids is 1. The number of alkyl halides is 5. The molecular formula is C27H32F5NO7. The summed E-state index contributed by atoms with van der Waals surface area (Å²) in [6.45, 7) is 1.88. The van der Waals surface area contributed by atoms with Crippen molar-refractivity contribution in [2.24, 2.45) is 0 Å². The highest BCUT2D eigenvalue weighted by Gasteiger charge is 2.35. The van der Waals surface area contributed by atoms with E-state index in [1.165, 1.54) is 6.07 Å². The Morgan fingerprint density at radius 2 is 1.60 bits per heavy atom. The number of carbonyl (C=O) groups is 2. The van der Waals surface area contributed by atoms with Gasteiger partial charge in [0.1, 0.15) is 18.1 Å². The zero-order chi connectivity index (χ0) is 29.8. The van der Waals surface area contributed by atoms with Gasteiger partial charge < -0.3 is 29.0 Å². The molecule has 0 fully saturated rings. The molecule has 0 bridgehead atoms. The molecule has 0 saturated heterocycles. The maximum Gasteiger partial charge on any atom is 0.419 e. The second-order valence-corrected chi connectivity index (χ2v) is 8.76. The minimum atomic E-state index is -4.75. The molecule has 1 unspecified atom stereocenters. The normalized spacial score (nSPS) is 12.6. The summed E-state index contributed by atoms with van der Waals surface area (Å²) in [4.78, 5) is 25.1. The van der Waals surface area contributed by atoms with E-state index in [4.69, 9.17) is 18.9 Å². The average molecular weight is 578 g/mol. The molecule has 222 valence electrons. The lowest BCUT2D eigenvalue weighted by molar-refractivity contribution is -0.150. The molecule has 1 N–H and O–H groups in total. The van der Waals surface area contributed by atoms with Crippen LogP contribution < -0.4 is 9.47 Å². The van der Waals surface area contributed by atoms with Gasteiger partial charge in [0, 0.05) is 26.0 Å². The highest BCUT2D eigenvalue weighted by molar-refractivity contribution is 5.72. The summed E-state index contributed by atoms with van der Waals surface area (Å²) in [5.74, 6) is -4.30. The summed E-state index contributed by atoms with van der Waals surface area (Å²) in [7, 11) is 0. The molecule has 13 heteroatoms. The van der Waals surface area contributed by atoms with Crippen LogP contribution in [0.15, 0.2) is 48.5 Å². The van der Waals surface area contributed by atoms with E-state index in [0.717, 1.165) is 30.0 Å². The number of aliphatic carboxylic acids is 1. The first-order valence-corrected chi connectivity index (χ1v) is 12.4. The number of amides is 1. The molecule has 2 rings (SSSR count). The van der Waals surface area contributed by atoms with Gasteiger partial charge in [-0.3, -0.25) is 0 Å². The number of hydrogen-bond donors (Lipinski definition) is 1. The number of carboxylic acid groups (broad SMARTS) is 1. The fourth-order valence-electron chi connectivity index (χ4n) is 3.40. The van der Waals surface area contributed by atoms with Crippen molar-refractivity contribution in [1.29, 1.82) is 0 Å². The molecule has 8 nitrogen and oxygen atoms in total. The number of para-hydroxylation sites is 1. The van der Waals surface area contributed by atoms with Gasteiger partial charge in [-0.25, -0.2) is 18.4 Å². The van der Waals surface area contributed by atoms with Crippen LogP contribution in [0, 0.1) is 0 Å². The molecule has 40 heavy (non-hydrogen) atoms. The van der Waals surface area contributed by atoms with Crippen molar-refractivity contribution < 1.29 is 55.6 Å². The third kappa shape index (κ3) is 11.7. The SMILES string of the molecule is CCOC(Cc1ccc(OCCN(CCOCCC(C)(F)F)C(=O)Oc2ccccc2C(F)(F)F)cc1)C(=O)O. The van der Waals surface area contributed by atoms with Crippen molar-refractivity contribution in [3.63, 3.8) is 0 Å². The zero-order valence-corrected chi connectivity index (χ0v) is 22.1. The van der Waals surface area contributed by atoms with Crippen LogP contribution in [0.2, 0.25) is 0 Å². The second-order valence-electron chi connectivity index (χ2n) is 8.76. The Morgan fingerprint density at radius 1 is 0.950 bits per heavy atom. The summed E-state index contributed by atoms with van der Waals surface area (Å²) in [6.07, 6.45) is -7.24. The molecule has 1 atom stereocenters. The monoisotopic (exact) mass is 577 g/mol. The Bertz CT molecular complexity index is 1070. The van der Waals surface area contributed by atoms with E-state index < -0.39 is 48.0 Å². The Hall–Kier alpha value is -3.45. The molecule has 0 radical (unpaired) electrons. The number of halogens is 5. The van der Waals surface area contributed by atoms with Gasteiger partial charge in [-0.1, -0.05) is 24.3 Å². The third-order valence-corrected chi connectivity index (χ3v) is 5.46. The van der Waals surface area contributed by atoms with Crippen LogP contribution in [0.25, 0.3) is 0 Å². The largest absolute Gasteiger partial charge is 0.492 e. The standard InChI is InChI=1S/C27H32F5NO7/c1-3-38-23(24(34)35)18-19-8-10-20(11-9-19)39-17-14-33(13-16-37-15-12-26(2,28)29)25(36)40-22-7-5-4-6-21(22)27(30,31)32/h4-11,23H,3,12-18H2,1-2H3,(H,34,35). The van der Waals surface area contributed by atoms with Gasteiger partial charge >= 0.3 is 18.2 Å². The molecular weight excluding hydrogens is 545 g/mol. The van der Waals surface area contributed by atoms with E-state index >= 15 is 0 Å². The van der Waals surface area contributed by atoms with E-state index in [9.17, 15) is 36.6 Å². The second kappa shape index (κ2) is 15.4. The van der Waals surface area contributed by atoms with Gasteiger partial charge in [0.2, 0.25) is 5.92 Å². The van der Waals surface area contributed by atoms with Gasteiger partial charge in [-0.05, 0) is 43.7 Å². The van der Waals surface area contributed by atoms with Crippen molar-refractivity contribution in [3.8, 4) is 11.5 Å². The topological polar surface area (TPSA) is 94.5 Å². The van der Waals surface area contributed by atoms with E-state index in [0.29, 0.717) is 11.3 Å². The van der Waals surface area contributed by atoms with Gasteiger partial charge in [-0.15, -0.1) is 0 Å². The highest BCUT2D eigenvalue weighted by atomic mass is 19.4. The molecule has 2 aromatic rings. The molecule has 0 aliphatic carbocycles. The first-order chi connectivity index (χ1) is 18.8. The average Bonchev–Trinajstić information content (AvgIpc) is 2.87. The van der Waals surface area contributed by atoms with E-state index in [2.05, 4.69) is 0 Å². The van der Waals surface area contributed by atoms with Crippen LogP contribution in [0.4, 0.5) is 26.7 Å². The maximum absolute atomic E-state index is 13.3. The number of rotatable bonds is 16. The lowest BCUT2D eigenvalue weighted by atomic mass is 10.1. The van der Waals surface area contributed by atoms with Crippen molar-refractivity contribution >= 4 is 12.1 Å². The van der Waals surface area contributed by atoms with Crippen molar-refractivity contribution in [2.75, 3.05) is 39.5 Å². The zero-order valence-electron chi connectivity index (χ0n) is 22.1. The van der Waals surface area contributed by atoms with Crippen LogP contribution in [0.1, 0.15) is 31.4 Å². The van der Waals surface area contributed by atoms with Gasteiger partial charge in [0.05, 0.1) is 25.3 Å². The number of carbonyl (C=O) groups excluding carboxylic acids is 1. The first kappa shape index (κ1) is 32.8. The summed E-state index contributed by atoms with van der Waals surface area (Å²) >= 11 is 0. The lowest BCUT2D eigenvalue weighted by Gasteiger charge is -2.23. The molecule has 0 aliphatic heterocycles. The molecule has 0 spiro atoms. The number of ether oxygens (including phenoxy) is 4. The van der Waals surface area contributed by atoms with Gasteiger partial charge in [-0.2, -0.15) is 13.2 Å². The van der Waals surface area contributed by atoms with Crippen molar-refractivity contribution in [1.82, 2.24) is 4.90 Å². The molecule has 0 heterocycles. The van der Waals surface area contributed by atoms with E-state index in [1.807, 2.05) is 0 Å². The predicted molar refractivity (Wildman–Crippen MR) is 134 cm³/mol. The summed E-state index contributed by atoms with van der Waals surface area (Å²) in [6, 6.07) is 10.7. The molecule has 0 aromatic heterocycles.